The highest BCUT2D eigenvalue weighted by atomic mass is 16.5. The largest absolute Gasteiger partial charge is 0.496 e. The topological polar surface area (TPSA) is 141 Å². The molecule has 13 nitrogen and oxygen atoms in total. The lowest BCUT2D eigenvalue weighted by atomic mass is 9.82. The Morgan fingerprint density at radius 2 is 0.966 bits per heavy atom. The van der Waals surface area contributed by atoms with Gasteiger partial charge in [0.1, 0.15) is 35.7 Å². The Morgan fingerprint density at radius 3 is 1.38 bits per heavy atom. The lowest BCUT2D eigenvalue weighted by Crippen LogP contribution is -2.18. The maximum Gasteiger partial charge on any atom is 0.250 e. The van der Waals surface area contributed by atoms with Gasteiger partial charge in [0.2, 0.25) is 0 Å². The summed E-state index contributed by atoms with van der Waals surface area (Å²) in [5.41, 5.74) is 5.58. The van der Waals surface area contributed by atoms with E-state index in [1.807, 2.05) is 135 Å². The maximum absolute atomic E-state index is 15.2. The van der Waals surface area contributed by atoms with Gasteiger partial charge < -0.3 is 28.1 Å². The zero-order chi connectivity index (χ0) is 40.0. The standard InChI is InChI=1S/C45H38N8O5/c1-52-27-50-39-42(52)46-25-48-44(39)57-33-19-13-29(14-20-33)35(23-17-31-9-5-7-11-37(31)55-3)41(54)36(24-18-32-10-6-8-12-38(32)56-4)30-15-21-34(22-16-30)58-45-40-43(47-26-49-45)53(2)28-51-40/h5-28,35-36H,1-4H3/b23-17+,24-18+. The molecule has 0 N–H and O–H groups in total. The number of aromatic nitrogens is 8. The van der Waals surface area contributed by atoms with Gasteiger partial charge in [0.05, 0.1) is 38.7 Å². The highest BCUT2D eigenvalue weighted by Gasteiger charge is 2.27. The smallest absolute Gasteiger partial charge is 0.250 e. The van der Waals surface area contributed by atoms with Gasteiger partial charge in [-0.1, -0.05) is 85.0 Å². The minimum absolute atomic E-state index is 0.0726. The van der Waals surface area contributed by atoms with Gasteiger partial charge >= 0.3 is 0 Å². The van der Waals surface area contributed by atoms with Gasteiger partial charge in [-0.25, -0.2) is 19.9 Å². The maximum atomic E-state index is 15.2. The van der Waals surface area contributed by atoms with Crippen molar-refractivity contribution in [3.05, 3.63) is 157 Å². The van der Waals surface area contributed by atoms with Crippen LogP contribution in [-0.2, 0) is 18.9 Å². The molecule has 0 radical (unpaired) electrons. The summed E-state index contributed by atoms with van der Waals surface area (Å²) in [4.78, 5) is 41.2. The Morgan fingerprint density at radius 1 is 0.552 bits per heavy atom. The zero-order valence-electron chi connectivity index (χ0n) is 32.1. The van der Waals surface area contributed by atoms with E-state index in [4.69, 9.17) is 18.9 Å². The number of ketones is 1. The molecule has 288 valence electrons. The fraction of sp³-hybridized carbons (Fsp3) is 0.133. The van der Waals surface area contributed by atoms with Crippen LogP contribution >= 0.6 is 0 Å². The van der Waals surface area contributed by atoms with E-state index < -0.39 is 11.8 Å². The van der Waals surface area contributed by atoms with E-state index in [0.29, 0.717) is 57.1 Å². The van der Waals surface area contributed by atoms with Gasteiger partial charge in [-0.05, 0) is 47.5 Å². The summed E-state index contributed by atoms with van der Waals surface area (Å²) in [5.74, 6) is 1.65. The highest BCUT2D eigenvalue weighted by molar-refractivity contribution is 5.96. The molecule has 0 aliphatic rings. The average Bonchev–Trinajstić information content (AvgIpc) is 3.84. The van der Waals surface area contributed by atoms with E-state index in [0.717, 1.165) is 22.3 Å². The molecule has 13 heteroatoms. The van der Waals surface area contributed by atoms with Gasteiger partial charge in [0.15, 0.2) is 28.1 Å². The Labute approximate surface area is 333 Å². The van der Waals surface area contributed by atoms with E-state index in [2.05, 4.69) is 29.9 Å². The Balaban J connectivity index is 1.16. The van der Waals surface area contributed by atoms with Crippen molar-refractivity contribution in [1.82, 2.24) is 39.0 Å². The number of hydrogen-bond acceptors (Lipinski definition) is 11. The highest BCUT2D eigenvalue weighted by Crippen LogP contribution is 2.35. The van der Waals surface area contributed by atoms with Crippen molar-refractivity contribution in [2.75, 3.05) is 14.2 Å². The molecule has 8 rings (SSSR count). The SMILES string of the molecule is COc1ccccc1/C=C/C(C(=O)C(/C=C/c1ccccc1OC)c1ccc(Oc2ncnc3c2ncn3C)cc1)c1ccc(Oc2ncnc3c2ncn3C)cc1. The normalized spacial score (nSPS) is 12.6. The van der Waals surface area contributed by atoms with Crippen LogP contribution in [-0.4, -0.2) is 59.0 Å². The lowest BCUT2D eigenvalue weighted by molar-refractivity contribution is -0.120. The molecule has 0 aliphatic heterocycles. The summed E-state index contributed by atoms with van der Waals surface area (Å²) in [6.07, 6.45) is 13.9. The number of carbonyl (C=O) groups excluding carboxylic acids is 1. The minimum atomic E-state index is -0.692. The molecule has 0 amide bonds. The first-order valence-electron chi connectivity index (χ1n) is 18.4. The van der Waals surface area contributed by atoms with Crippen LogP contribution in [0.1, 0.15) is 34.1 Å². The summed E-state index contributed by atoms with van der Waals surface area (Å²) >= 11 is 0. The third-order valence-corrected chi connectivity index (χ3v) is 9.66. The molecular formula is C45H38N8O5. The second kappa shape index (κ2) is 16.6. The number of para-hydroxylation sites is 2. The van der Waals surface area contributed by atoms with Gasteiger partial charge in [-0.15, -0.1) is 0 Å². The summed E-state index contributed by atoms with van der Waals surface area (Å²) in [7, 11) is 6.97. The second-order valence-corrected chi connectivity index (χ2v) is 13.3. The molecule has 2 atom stereocenters. The van der Waals surface area contributed by atoms with Gasteiger partial charge in [-0.2, -0.15) is 9.97 Å². The minimum Gasteiger partial charge on any atom is -0.496 e. The quantitative estimate of drug-likeness (QED) is 0.105. The summed E-state index contributed by atoms with van der Waals surface area (Å²) in [6.45, 7) is 0. The number of ether oxygens (including phenoxy) is 4. The van der Waals surface area contributed by atoms with E-state index in [1.165, 1.54) is 12.7 Å². The third-order valence-electron chi connectivity index (χ3n) is 9.66. The number of benzene rings is 4. The number of carbonyl (C=O) groups is 1. The number of allylic oxidation sites excluding steroid dienone is 2. The van der Waals surface area contributed by atoms with Crippen LogP contribution in [0.4, 0.5) is 0 Å². The average molecular weight is 771 g/mol. The van der Waals surface area contributed by atoms with Crippen molar-refractivity contribution in [3.8, 4) is 34.8 Å². The summed E-state index contributed by atoms with van der Waals surface area (Å²) in [6, 6.07) is 30.2. The molecule has 8 aromatic rings. The van der Waals surface area contributed by atoms with Crippen LogP contribution in [0.15, 0.2) is 135 Å². The fourth-order valence-electron chi connectivity index (χ4n) is 6.65. The molecular weight excluding hydrogens is 733 g/mol. The molecule has 0 saturated carbocycles. The van der Waals surface area contributed by atoms with E-state index in [-0.39, 0.29) is 5.78 Å². The number of aryl methyl sites for hydroxylation is 2. The molecule has 4 aromatic heterocycles. The molecule has 0 fully saturated rings. The Hall–Kier alpha value is -7.67. The first-order valence-corrected chi connectivity index (χ1v) is 18.4. The number of rotatable bonds is 14. The van der Waals surface area contributed by atoms with Gasteiger partial charge in [-0.3, -0.25) is 4.79 Å². The van der Waals surface area contributed by atoms with Crippen molar-refractivity contribution in [1.29, 1.82) is 0 Å². The number of Topliss-reactive ketones (excluding diaryl/α,β-unsaturated/α-hetero) is 1. The second-order valence-electron chi connectivity index (χ2n) is 13.3. The predicted octanol–water partition coefficient (Wildman–Crippen LogP) is 8.51. The molecule has 0 spiro atoms. The first kappa shape index (κ1) is 37.3. The third kappa shape index (κ3) is 7.73. The molecule has 0 saturated heterocycles. The number of imidazole rings is 2. The molecule has 0 bridgehead atoms. The van der Waals surface area contributed by atoms with Crippen molar-refractivity contribution >= 4 is 40.3 Å². The van der Waals surface area contributed by atoms with Crippen molar-refractivity contribution in [3.63, 3.8) is 0 Å². The van der Waals surface area contributed by atoms with E-state index in [9.17, 15) is 0 Å². The number of hydrogen-bond donors (Lipinski definition) is 0. The zero-order valence-corrected chi connectivity index (χ0v) is 32.1. The van der Waals surface area contributed by atoms with Gasteiger partial charge in [0.25, 0.3) is 11.8 Å². The van der Waals surface area contributed by atoms with E-state index >= 15 is 4.79 Å². The van der Waals surface area contributed by atoms with E-state index in [1.54, 1.807) is 36.0 Å². The molecule has 4 heterocycles. The molecule has 58 heavy (non-hydrogen) atoms. The first-order chi connectivity index (χ1) is 28.4. The van der Waals surface area contributed by atoms with Crippen LogP contribution in [0.2, 0.25) is 0 Å². The monoisotopic (exact) mass is 770 g/mol. The van der Waals surface area contributed by atoms with Crippen LogP contribution in [0.5, 0.6) is 34.8 Å². The number of fused-ring (bicyclic) bond motifs is 2. The molecule has 0 aliphatic carbocycles. The number of methoxy groups -OCH3 is 2. The Kier molecular flexibility index (Phi) is 10.7. The van der Waals surface area contributed by atoms with Crippen molar-refractivity contribution < 1.29 is 23.7 Å². The lowest BCUT2D eigenvalue weighted by Gasteiger charge is -2.20. The van der Waals surface area contributed by atoms with Gasteiger partial charge in [0, 0.05) is 25.2 Å². The van der Waals surface area contributed by atoms with Crippen LogP contribution in [0.25, 0.3) is 34.5 Å². The molecule has 4 aromatic carbocycles. The fourth-order valence-corrected chi connectivity index (χ4v) is 6.65. The van der Waals surface area contributed by atoms with Crippen LogP contribution < -0.4 is 18.9 Å². The number of nitrogens with zero attached hydrogens (tertiary/aromatic N) is 8. The van der Waals surface area contributed by atoms with Crippen molar-refractivity contribution in [2.45, 2.75) is 11.8 Å². The predicted molar refractivity (Wildman–Crippen MR) is 220 cm³/mol. The van der Waals surface area contributed by atoms with Crippen LogP contribution in [0, 0.1) is 0 Å². The van der Waals surface area contributed by atoms with Crippen LogP contribution in [0.3, 0.4) is 0 Å². The van der Waals surface area contributed by atoms with Crippen molar-refractivity contribution in [2.24, 2.45) is 14.1 Å². The summed E-state index contributed by atoms with van der Waals surface area (Å²) < 4.78 is 27.2. The Bertz CT molecular complexity index is 2590. The molecule has 2 unspecified atom stereocenters. The summed E-state index contributed by atoms with van der Waals surface area (Å²) in [5, 5.41) is 0.